The second-order valence-corrected chi connectivity index (χ2v) is 6.99. The first-order valence-electron chi connectivity index (χ1n) is 8.66. The zero-order chi connectivity index (χ0) is 16.9. The maximum atomic E-state index is 5.46. The molecule has 0 saturated carbocycles. The molecule has 0 spiro atoms. The maximum Gasteiger partial charge on any atom is 0.186 e. The van der Waals surface area contributed by atoms with Crippen molar-refractivity contribution in [3.63, 3.8) is 0 Å². The van der Waals surface area contributed by atoms with Gasteiger partial charge < -0.3 is 14.4 Å². The summed E-state index contributed by atoms with van der Waals surface area (Å²) in [7, 11) is 0. The van der Waals surface area contributed by atoms with Gasteiger partial charge in [-0.15, -0.1) is 0 Å². The van der Waals surface area contributed by atoms with Crippen LogP contribution in [0, 0.1) is 0 Å². The van der Waals surface area contributed by atoms with E-state index in [1.165, 1.54) is 0 Å². The van der Waals surface area contributed by atoms with Gasteiger partial charge in [0.2, 0.25) is 0 Å². The minimum atomic E-state index is 0.741. The number of aromatic nitrogens is 1. The molecule has 2 aliphatic heterocycles. The number of thiazole rings is 1. The summed E-state index contributed by atoms with van der Waals surface area (Å²) in [4.78, 5) is 8.32. The highest BCUT2D eigenvalue weighted by Crippen LogP contribution is 2.32. The normalized spacial score (nSPS) is 18.9. The Morgan fingerprint density at radius 3 is 2.36 bits per heavy atom. The molecule has 132 valence electrons. The van der Waals surface area contributed by atoms with Gasteiger partial charge in [0.15, 0.2) is 5.13 Å². The van der Waals surface area contributed by atoms with E-state index in [9.17, 15) is 0 Å². The van der Waals surface area contributed by atoms with Crippen LogP contribution in [0.2, 0.25) is 0 Å². The van der Waals surface area contributed by atoms with E-state index in [0.29, 0.717) is 0 Å². The largest absolute Gasteiger partial charge is 0.378 e. The van der Waals surface area contributed by atoms with Gasteiger partial charge in [0.05, 0.1) is 56.3 Å². The summed E-state index contributed by atoms with van der Waals surface area (Å²) in [5.74, 6) is 0. The molecule has 3 heterocycles. The molecular formula is C18H22N4O2S. The average Bonchev–Trinajstić information content (AvgIpc) is 3.13. The van der Waals surface area contributed by atoms with Gasteiger partial charge in [0.25, 0.3) is 0 Å². The fourth-order valence-electron chi connectivity index (χ4n) is 2.90. The summed E-state index contributed by atoms with van der Waals surface area (Å²) in [5.41, 5.74) is 2.13. The van der Waals surface area contributed by atoms with E-state index < -0.39 is 0 Å². The molecule has 0 aliphatic carbocycles. The van der Waals surface area contributed by atoms with Crippen LogP contribution in [0.1, 0.15) is 4.88 Å². The number of rotatable bonds is 4. The molecule has 2 aromatic rings. The summed E-state index contributed by atoms with van der Waals surface area (Å²) >= 11 is 1.70. The molecule has 0 atom stereocenters. The van der Waals surface area contributed by atoms with Gasteiger partial charge in [-0.3, -0.25) is 5.01 Å². The molecular weight excluding hydrogens is 336 g/mol. The number of hydrazone groups is 1. The maximum absolute atomic E-state index is 5.46. The van der Waals surface area contributed by atoms with E-state index in [1.54, 1.807) is 11.3 Å². The number of anilines is 1. The second kappa shape index (κ2) is 7.95. The Morgan fingerprint density at radius 1 is 0.960 bits per heavy atom. The van der Waals surface area contributed by atoms with Crippen molar-refractivity contribution in [2.45, 2.75) is 0 Å². The number of hydrogen-bond donors (Lipinski definition) is 0. The molecule has 0 amide bonds. The number of nitrogens with zero attached hydrogens (tertiary/aromatic N) is 4. The first-order valence-corrected chi connectivity index (χ1v) is 9.47. The van der Waals surface area contributed by atoms with E-state index in [2.05, 4.69) is 27.1 Å². The van der Waals surface area contributed by atoms with E-state index in [1.807, 2.05) is 24.4 Å². The van der Waals surface area contributed by atoms with E-state index in [0.717, 1.165) is 73.9 Å². The van der Waals surface area contributed by atoms with Gasteiger partial charge in [-0.2, -0.15) is 5.10 Å². The minimum Gasteiger partial charge on any atom is -0.378 e. The van der Waals surface area contributed by atoms with Gasteiger partial charge in [-0.1, -0.05) is 41.7 Å². The third kappa shape index (κ3) is 4.00. The van der Waals surface area contributed by atoms with E-state index in [-0.39, 0.29) is 0 Å². The van der Waals surface area contributed by atoms with Crippen molar-refractivity contribution in [1.29, 1.82) is 0 Å². The third-order valence-corrected chi connectivity index (χ3v) is 5.35. The Labute approximate surface area is 151 Å². The molecule has 25 heavy (non-hydrogen) atoms. The molecule has 0 N–H and O–H groups in total. The van der Waals surface area contributed by atoms with Crippen molar-refractivity contribution < 1.29 is 9.47 Å². The first kappa shape index (κ1) is 16.5. The predicted molar refractivity (Wildman–Crippen MR) is 101 cm³/mol. The Hall–Kier alpha value is -1.96. The van der Waals surface area contributed by atoms with Crippen molar-refractivity contribution in [1.82, 2.24) is 9.99 Å². The van der Waals surface area contributed by atoms with Crippen molar-refractivity contribution in [2.75, 3.05) is 57.5 Å². The summed E-state index contributed by atoms with van der Waals surface area (Å²) in [6.45, 7) is 6.46. The average molecular weight is 358 g/mol. The molecule has 7 heteroatoms. The SMILES string of the molecule is C(=N/N1CCOCC1)/c1sc(N2CCOCC2)nc1-c1ccccc1. The lowest BCUT2D eigenvalue weighted by atomic mass is 10.1. The molecule has 1 aromatic carbocycles. The van der Waals surface area contributed by atoms with Crippen molar-refractivity contribution >= 4 is 22.7 Å². The Bertz CT molecular complexity index is 707. The van der Waals surface area contributed by atoms with Crippen LogP contribution in [0.4, 0.5) is 5.13 Å². The van der Waals surface area contributed by atoms with Gasteiger partial charge in [-0.05, 0) is 0 Å². The van der Waals surface area contributed by atoms with Crippen LogP contribution in [0.15, 0.2) is 35.4 Å². The monoisotopic (exact) mass is 358 g/mol. The molecule has 0 radical (unpaired) electrons. The lowest BCUT2D eigenvalue weighted by Gasteiger charge is -2.26. The molecule has 2 aliphatic rings. The van der Waals surface area contributed by atoms with Crippen molar-refractivity contribution in [3.8, 4) is 11.3 Å². The number of hydrogen-bond acceptors (Lipinski definition) is 7. The van der Waals surface area contributed by atoms with Gasteiger partial charge in [0.1, 0.15) is 0 Å². The van der Waals surface area contributed by atoms with Crippen LogP contribution in [0.25, 0.3) is 11.3 Å². The molecule has 6 nitrogen and oxygen atoms in total. The standard InChI is InChI=1S/C18H22N4O2S/c1-2-4-15(5-3-1)17-16(14-19-22-8-12-24-13-9-22)25-18(20-17)21-6-10-23-11-7-21/h1-5,14H,6-13H2/b19-14-. The van der Waals surface area contributed by atoms with Crippen LogP contribution in [0.3, 0.4) is 0 Å². The molecule has 2 fully saturated rings. The van der Waals surface area contributed by atoms with Gasteiger partial charge in [0, 0.05) is 18.7 Å². The molecule has 2 saturated heterocycles. The first-order chi connectivity index (χ1) is 12.4. The summed E-state index contributed by atoms with van der Waals surface area (Å²) in [6, 6.07) is 10.3. The van der Waals surface area contributed by atoms with Crippen LogP contribution in [-0.4, -0.2) is 68.8 Å². The minimum absolute atomic E-state index is 0.741. The Balaban J connectivity index is 1.62. The van der Waals surface area contributed by atoms with Crippen molar-refractivity contribution in [3.05, 3.63) is 35.2 Å². The number of ether oxygens (including phenoxy) is 2. The fraction of sp³-hybridized carbons (Fsp3) is 0.444. The highest BCUT2D eigenvalue weighted by atomic mass is 32.1. The lowest BCUT2D eigenvalue weighted by Crippen LogP contribution is -2.36. The van der Waals surface area contributed by atoms with Crippen molar-refractivity contribution in [2.24, 2.45) is 5.10 Å². The Morgan fingerprint density at radius 2 is 1.64 bits per heavy atom. The highest BCUT2D eigenvalue weighted by molar-refractivity contribution is 7.17. The lowest BCUT2D eigenvalue weighted by molar-refractivity contribution is 0.0397. The van der Waals surface area contributed by atoms with Crippen LogP contribution in [-0.2, 0) is 9.47 Å². The third-order valence-electron chi connectivity index (χ3n) is 4.30. The molecule has 0 bridgehead atoms. The molecule has 0 unspecified atom stereocenters. The predicted octanol–water partition coefficient (Wildman–Crippen LogP) is 2.31. The topological polar surface area (TPSA) is 50.2 Å². The quantitative estimate of drug-likeness (QED) is 0.785. The van der Waals surface area contributed by atoms with E-state index >= 15 is 0 Å². The molecule has 4 rings (SSSR count). The Kier molecular flexibility index (Phi) is 5.25. The van der Waals surface area contributed by atoms with Gasteiger partial charge >= 0.3 is 0 Å². The van der Waals surface area contributed by atoms with E-state index in [4.69, 9.17) is 14.5 Å². The highest BCUT2D eigenvalue weighted by Gasteiger charge is 2.19. The summed E-state index contributed by atoms with van der Waals surface area (Å²) in [6.07, 6.45) is 1.95. The smallest absolute Gasteiger partial charge is 0.186 e. The van der Waals surface area contributed by atoms with Crippen LogP contribution < -0.4 is 4.90 Å². The zero-order valence-electron chi connectivity index (χ0n) is 14.1. The van der Waals surface area contributed by atoms with Crippen LogP contribution >= 0.6 is 11.3 Å². The fourth-order valence-corrected chi connectivity index (χ4v) is 3.91. The summed E-state index contributed by atoms with van der Waals surface area (Å²) < 4.78 is 10.8. The second-order valence-electron chi connectivity index (χ2n) is 5.99. The number of morpholine rings is 2. The summed E-state index contributed by atoms with van der Waals surface area (Å²) in [5, 5.41) is 7.76. The zero-order valence-corrected chi connectivity index (χ0v) is 15.0. The van der Waals surface area contributed by atoms with Gasteiger partial charge in [-0.25, -0.2) is 4.98 Å². The number of benzene rings is 1. The molecule has 1 aromatic heterocycles. The van der Waals surface area contributed by atoms with Crippen LogP contribution in [0.5, 0.6) is 0 Å².